The lowest BCUT2D eigenvalue weighted by atomic mass is 10.1. The number of nitrogens with zero attached hydrogens (tertiary/aromatic N) is 2. The number of fused-ring (bicyclic) bond motifs is 1. The topological polar surface area (TPSA) is 78.4 Å². The van der Waals surface area contributed by atoms with Crippen LogP contribution >= 0.6 is 0 Å². The number of benzene rings is 1. The van der Waals surface area contributed by atoms with Gasteiger partial charge in [0, 0.05) is 23.2 Å². The van der Waals surface area contributed by atoms with Crippen LogP contribution < -0.4 is 8.92 Å². The zero-order valence-electron chi connectivity index (χ0n) is 13.5. The van der Waals surface area contributed by atoms with E-state index >= 15 is 0 Å². The fourth-order valence-corrected chi connectivity index (χ4v) is 2.72. The fourth-order valence-electron chi connectivity index (χ4n) is 2.32. The molecule has 2 heterocycles. The van der Waals surface area contributed by atoms with Crippen LogP contribution in [0.2, 0.25) is 0 Å². The van der Waals surface area contributed by atoms with E-state index in [-0.39, 0.29) is 27.9 Å². The van der Waals surface area contributed by atoms with Crippen molar-refractivity contribution >= 4 is 21.0 Å². The molecule has 27 heavy (non-hydrogen) atoms. The standard InChI is InChI=1S/C16H10F4N2O4S/c1-25-12-5-4-10(17)8-11(12)15-14-9(3-2-6-21-14)7-13(22-15)26-27(23,24)16(18,19)20/h2-8H,1H3. The van der Waals surface area contributed by atoms with Crippen molar-refractivity contribution in [3.8, 4) is 22.9 Å². The van der Waals surface area contributed by atoms with Crippen LogP contribution in [0.15, 0.2) is 42.6 Å². The molecule has 1 aromatic carbocycles. The maximum Gasteiger partial charge on any atom is 0.534 e. The second kappa shape index (κ2) is 6.65. The molecule has 0 saturated heterocycles. The molecule has 0 bridgehead atoms. The third-order valence-electron chi connectivity index (χ3n) is 3.46. The Bertz CT molecular complexity index is 1120. The Morgan fingerprint density at radius 2 is 1.85 bits per heavy atom. The molecule has 2 aromatic heterocycles. The molecule has 0 amide bonds. The van der Waals surface area contributed by atoms with Crippen molar-refractivity contribution in [1.29, 1.82) is 0 Å². The first-order valence-electron chi connectivity index (χ1n) is 7.23. The van der Waals surface area contributed by atoms with Crippen molar-refractivity contribution in [2.45, 2.75) is 5.51 Å². The predicted molar refractivity (Wildman–Crippen MR) is 87.1 cm³/mol. The maximum absolute atomic E-state index is 13.7. The SMILES string of the molecule is COc1ccc(F)cc1-c1nc(OS(=O)(=O)C(F)(F)F)cc2cccnc12. The molecular formula is C16H10F4N2O4S. The van der Waals surface area contributed by atoms with Gasteiger partial charge < -0.3 is 8.92 Å². The lowest BCUT2D eigenvalue weighted by Gasteiger charge is -2.13. The number of hydrogen-bond acceptors (Lipinski definition) is 6. The summed E-state index contributed by atoms with van der Waals surface area (Å²) in [5.41, 5.74) is -5.47. The molecule has 6 nitrogen and oxygen atoms in total. The van der Waals surface area contributed by atoms with E-state index in [1.165, 1.54) is 31.5 Å². The Balaban J connectivity index is 2.26. The summed E-state index contributed by atoms with van der Waals surface area (Å²) in [4.78, 5) is 7.89. The minimum Gasteiger partial charge on any atom is -0.496 e. The van der Waals surface area contributed by atoms with Crippen LogP contribution in [0.25, 0.3) is 22.2 Å². The molecule has 11 heteroatoms. The van der Waals surface area contributed by atoms with Crippen molar-refractivity contribution < 1.29 is 34.9 Å². The maximum atomic E-state index is 13.7. The van der Waals surface area contributed by atoms with Crippen molar-refractivity contribution in [1.82, 2.24) is 9.97 Å². The molecule has 0 atom stereocenters. The van der Waals surface area contributed by atoms with Gasteiger partial charge in [-0.3, -0.25) is 4.98 Å². The third kappa shape index (κ3) is 3.63. The van der Waals surface area contributed by atoms with E-state index in [0.717, 1.165) is 18.2 Å². The number of rotatable bonds is 4. The van der Waals surface area contributed by atoms with Crippen LogP contribution in [0, 0.1) is 5.82 Å². The molecule has 0 unspecified atom stereocenters. The van der Waals surface area contributed by atoms with Gasteiger partial charge >= 0.3 is 15.6 Å². The fraction of sp³-hybridized carbons (Fsp3) is 0.125. The van der Waals surface area contributed by atoms with Gasteiger partial charge in [-0.1, -0.05) is 6.07 Å². The first-order valence-corrected chi connectivity index (χ1v) is 8.63. The number of alkyl halides is 3. The zero-order valence-corrected chi connectivity index (χ0v) is 14.3. The lowest BCUT2D eigenvalue weighted by Crippen LogP contribution is -2.28. The smallest absolute Gasteiger partial charge is 0.496 e. The van der Waals surface area contributed by atoms with Crippen molar-refractivity contribution in [3.05, 3.63) is 48.4 Å². The number of hydrogen-bond donors (Lipinski definition) is 0. The summed E-state index contributed by atoms with van der Waals surface area (Å²) >= 11 is 0. The molecule has 0 N–H and O–H groups in total. The molecule has 3 aromatic rings. The minimum absolute atomic E-state index is 0.0658. The van der Waals surface area contributed by atoms with Crippen LogP contribution in [0.4, 0.5) is 17.6 Å². The lowest BCUT2D eigenvalue weighted by molar-refractivity contribution is -0.0501. The number of pyridine rings is 2. The molecule has 0 saturated carbocycles. The van der Waals surface area contributed by atoms with Crippen molar-refractivity contribution in [3.63, 3.8) is 0 Å². The Morgan fingerprint density at radius 3 is 2.52 bits per heavy atom. The number of aromatic nitrogens is 2. The summed E-state index contributed by atoms with van der Waals surface area (Å²) in [5, 5.41) is 0.237. The van der Waals surface area contributed by atoms with Gasteiger partial charge in [0.05, 0.1) is 12.6 Å². The largest absolute Gasteiger partial charge is 0.534 e. The Morgan fingerprint density at radius 1 is 1.11 bits per heavy atom. The quantitative estimate of drug-likeness (QED) is 0.376. The molecule has 3 rings (SSSR count). The molecule has 142 valence electrons. The number of methoxy groups -OCH3 is 1. The van der Waals surface area contributed by atoms with E-state index in [2.05, 4.69) is 14.2 Å². The summed E-state index contributed by atoms with van der Waals surface area (Å²) in [6, 6.07) is 7.38. The molecular weight excluding hydrogens is 392 g/mol. The highest BCUT2D eigenvalue weighted by Gasteiger charge is 2.49. The first kappa shape index (κ1) is 18.8. The van der Waals surface area contributed by atoms with E-state index < -0.39 is 27.3 Å². The highest BCUT2D eigenvalue weighted by Crippen LogP contribution is 2.36. The van der Waals surface area contributed by atoms with Gasteiger partial charge in [0.2, 0.25) is 5.88 Å². The van der Waals surface area contributed by atoms with Gasteiger partial charge in [-0.05, 0) is 24.3 Å². The van der Waals surface area contributed by atoms with Crippen LogP contribution in [-0.2, 0) is 10.1 Å². The molecule has 0 spiro atoms. The Kier molecular flexibility index (Phi) is 4.64. The second-order valence-corrected chi connectivity index (χ2v) is 6.75. The van der Waals surface area contributed by atoms with E-state index in [1.54, 1.807) is 0 Å². The molecule has 0 aliphatic rings. The summed E-state index contributed by atoms with van der Waals surface area (Å²) in [6.07, 6.45) is 1.40. The van der Waals surface area contributed by atoms with Gasteiger partial charge in [-0.2, -0.15) is 21.6 Å². The molecule has 0 aliphatic carbocycles. The normalized spacial score (nSPS) is 12.2. The van der Waals surface area contributed by atoms with E-state index in [0.29, 0.717) is 0 Å². The van der Waals surface area contributed by atoms with E-state index in [9.17, 15) is 26.0 Å². The van der Waals surface area contributed by atoms with Gasteiger partial charge in [0.25, 0.3) is 0 Å². The van der Waals surface area contributed by atoms with Crippen LogP contribution in [0.3, 0.4) is 0 Å². The number of halogens is 4. The highest BCUT2D eigenvalue weighted by atomic mass is 32.2. The van der Waals surface area contributed by atoms with Crippen LogP contribution in [0.1, 0.15) is 0 Å². The second-order valence-electron chi connectivity index (χ2n) is 5.21. The monoisotopic (exact) mass is 402 g/mol. The van der Waals surface area contributed by atoms with Crippen molar-refractivity contribution in [2.24, 2.45) is 0 Å². The zero-order chi connectivity index (χ0) is 19.8. The van der Waals surface area contributed by atoms with Crippen molar-refractivity contribution in [2.75, 3.05) is 7.11 Å². The highest BCUT2D eigenvalue weighted by molar-refractivity contribution is 7.87. The minimum atomic E-state index is -5.93. The van der Waals surface area contributed by atoms with Crippen LogP contribution in [-0.4, -0.2) is 31.0 Å². The number of ether oxygens (including phenoxy) is 1. The third-order valence-corrected chi connectivity index (χ3v) is 4.42. The first-order chi connectivity index (χ1) is 12.6. The average molecular weight is 402 g/mol. The molecule has 0 fully saturated rings. The van der Waals surface area contributed by atoms with Gasteiger partial charge in [-0.15, -0.1) is 0 Å². The predicted octanol–water partition coefficient (Wildman–Crippen LogP) is 3.67. The summed E-state index contributed by atoms with van der Waals surface area (Å²) in [6.45, 7) is 0. The van der Waals surface area contributed by atoms with Gasteiger partial charge in [0.15, 0.2) is 0 Å². The molecule has 0 aliphatic heterocycles. The Hall–Kier alpha value is -2.95. The van der Waals surface area contributed by atoms with E-state index in [1.807, 2.05) is 0 Å². The average Bonchev–Trinajstić information content (AvgIpc) is 2.59. The van der Waals surface area contributed by atoms with E-state index in [4.69, 9.17) is 4.74 Å². The Labute approximate surface area is 150 Å². The van der Waals surface area contributed by atoms with Crippen LogP contribution in [0.5, 0.6) is 11.6 Å². The molecule has 0 radical (unpaired) electrons. The van der Waals surface area contributed by atoms with Gasteiger partial charge in [0.1, 0.15) is 17.3 Å². The van der Waals surface area contributed by atoms with Gasteiger partial charge in [-0.25, -0.2) is 9.37 Å². The summed E-state index contributed by atoms with van der Waals surface area (Å²) < 4.78 is 83.4. The summed E-state index contributed by atoms with van der Waals surface area (Å²) in [5.74, 6) is -1.34. The summed E-state index contributed by atoms with van der Waals surface area (Å²) in [7, 11) is -4.62.